The van der Waals surface area contributed by atoms with Crippen LogP contribution in [0, 0.1) is 0 Å². The molecular formula is C15H20N2O7. The Balaban J connectivity index is 2.05. The summed E-state index contributed by atoms with van der Waals surface area (Å²) in [7, 11) is 1.54. The fraction of sp³-hybridized carbons (Fsp3) is 0.467. The molecule has 0 aromatic heterocycles. The monoisotopic (exact) mass is 340 g/mol. The number of hydrogen-bond acceptors (Lipinski definition) is 7. The Kier molecular flexibility index (Phi) is 6.21. The van der Waals surface area contributed by atoms with Crippen molar-refractivity contribution < 1.29 is 33.6 Å². The first-order chi connectivity index (χ1) is 11.5. The maximum absolute atomic E-state index is 12.3. The number of aliphatic hydroxyl groups excluding tert-OH is 1. The molecule has 0 radical (unpaired) electrons. The van der Waals surface area contributed by atoms with E-state index in [2.05, 4.69) is 0 Å². The number of rotatable bonds is 7. The van der Waals surface area contributed by atoms with E-state index in [4.69, 9.17) is 29.8 Å². The molecular weight excluding hydrogens is 320 g/mol. The van der Waals surface area contributed by atoms with Gasteiger partial charge in [0.1, 0.15) is 24.7 Å². The van der Waals surface area contributed by atoms with Gasteiger partial charge in [-0.25, -0.2) is 4.79 Å². The molecule has 132 valence electrons. The molecule has 1 aliphatic rings. The van der Waals surface area contributed by atoms with Crippen molar-refractivity contribution in [3.63, 3.8) is 0 Å². The molecule has 1 aromatic carbocycles. The molecule has 0 saturated heterocycles. The van der Waals surface area contributed by atoms with Crippen molar-refractivity contribution in [2.75, 3.05) is 45.0 Å². The number of ether oxygens (including phenoxy) is 4. The molecule has 2 rings (SSSR count). The van der Waals surface area contributed by atoms with Gasteiger partial charge >= 0.3 is 6.09 Å². The number of likely N-dealkylation sites (N-methyl/N-ethyl adjacent to an activating group) is 1. The Morgan fingerprint density at radius 1 is 1.42 bits per heavy atom. The van der Waals surface area contributed by atoms with Gasteiger partial charge < -0.3 is 34.7 Å². The van der Waals surface area contributed by atoms with E-state index >= 15 is 0 Å². The van der Waals surface area contributed by atoms with Gasteiger partial charge in [-0.15, -0.1) is 0 Å². The summed E-state index contributed by atoms with van der Waals surface area (Å²) in [5, 5.41) is 8.62. The molecule has 2 amide bonds. The van der Waals surface area contributed by atoms with Crippen molar-refractivity contribution >= 4 is 17.7 Å². The van der Waals surface area contributed by atoms with Crippen molar-refractivity contribution in [1.29, 1.82) is 0 Å². The van der Waals surface area contributed by atoms with E-state index < -0.39 is 18.1 Å². The number of aliphatic hydroxyl groups is 1. The van der Waals surface area contributed by atoms with E-state index in [1.807, 2.05) is 0 Å². The molecule has 0 spiro atoms. The van der Waals surface area contributed by atoms with E-state index in [0.29, 0.717) is 30.4 Å². The van der Waals surface area contributed by atoms with E-state index in [1.54, 1.807) is 25.2 Å². The van der Waals surface area contributed by atoms with E-state index in [1.165, 1.54) is 4.90 Å². The zero-order valence-corrected chi connectivity index (χ0v) is 13.3. The summed E-state index contributed by atoms with van der Waals surface area (Å²) in [4.78, 5) is 24.5. The standard InChI is InChI=1S/C15H20N2O7/c1-17-11-8-10(22-7-6-21-5-4-18)2-3-12(11)23-9-13(14(17)19)24-15(16)20/h2-3,8,13,18H,4-7,9H2,1H3,(H2,16,20)/t13-/m0/s1. The molecule has 3 N–H and O–H groups in total. The molecule has 24 heavy (non-hydrogen) atoms. The third kappa shape index (κ3) is 4.49. The number of amides is 2. The number of anilines is 1. The number of hydrogen-bond donors (Lipinski definition) is 2. The third-order valence-electron chi connectivity index (χ3n) is 3.28. The highest BCUT2D eigenvalue weighted by Crippen LogP contribution is 2.34. The Morgan fingerprint density at radius 3 is 2.92 bits per heavy atom. The van der Waals surface area contributed by atoms with Crippen LogP contribution < -0.4 is 20.1 Å². The number of nitrogens with two attached hydrogens (primary N) is 1. The largest absolute Gasteiger partial charge is 0.491 e. The van der Waals surface area contributed by atoms with Crippen LogP contribution in [0.2, 0.25) is 0 Å². The lowest BCUT2D eigenvalue weighted by atomic mass is 10.2. The van der Waals surface area contributed by atoms with Gasteiger partial charge in [0.05, 0.1) is 25.5 Å². The van der Waals surface area contributed by atoms with Crippen LogP contribution in [0.25, 0.3) is 0 Å². The van der Waals surface area contributed by atoms with Crippen LogP contribution in [0.5, 0.6) is 11.5 Å². The molecule has 1 heterocycles. The molecule has 0 unspecified atom stereocenters. The average Bonchev–Trinajstić information content (AvgIpc) is 2.67. The summed E-state index contributed by atoms with van der Waals surface area (Å²) >= 11 is 0. The van der Waals surface area contributed by atoms with E-state index in [-0.39, 0.29) is 19.8 Å². The Hall–Kier alpha value is -2.52. The normalized spacial score (nSPS) is 16.8. The minimum Gasteiger partial charge on any atom is -0.491 e. The highest BCUT2D eigenvalue weighted by molar-refractivity contribution is 5.99. The number of carbonyl (C=O) groups is 2. The quantitative estimate of drug-likeness (QED) is 0.665. The second-order valence-electron chi connectivity index (χ2n) is 4.95. The molecule has 0 saturated carbocycles. The van der Waals surface area contributed by atoms with Gasteiger partial charge in [-0.3, -0.25) is 4.79 Å². The van der Waals surface area contributed by atoms with Crippen LogP contribution in [0.3, 0.4) is 0 Å². The van der Waals surface area contributed by atoms with E-state index in [9.17, 15) is 9.59 Å². The van der Waals surface area contributed by atoms with Gasteiger partial charge in [0.2, 0.25) is 6.10 Å². The number of primary amides is 1. The fourth-order valence-corrected chi connectivity index (χ4v) is 2.15. The Labute approximate surface area is 138 Å². The van der Waals surface area contributed by atoms with Gasteiger partial charge in [0.25, 0.3) is 5.91 Å². The van der Waals surface area contributed by atoms with Gasteiger partial charge in [0, 0.05) is 13.1 Å². The topological polar surface area (TPSA) is 121 Å². The SMILES string of the molecule is CN1C(=O)[C@@H](OC(N)=O)COc2ccc(OCCOCCO)cc21. The summed E-state index contributed by atoms with van der Waals surface area (Å²) in [6, 6.07) is 5.00. The van der Waals surface area contributed by atoms with Crippen LogP contribution in [-0.4, -0.2) is 63.3 Å². The number of benzene rings is 1. The van der Waals surface area contributed by atoms with Gasteiger partial charge in [-0.05, 0) is 12.1 Å². The first-order valence-electron chi connectivity index (χ1n) is 7.35. The molecule has 0 aliphatic carbocycles. The number of carbonyl (C=O) groups excluding carboxylic acids is 2. The highest BCUT2D eigenvalue weighted by Gasteiger charge is 2.32. The molecule has 0 fully saturated rings. The maximum Gasteiger partial charge on any atom is 0.405 e. The van der Waals surface area contributed by atoms with Crippen LogP contribution in [0.4, 0.5) is 10.5 Å². The zero-order valence-electron chi connectivity index (χ0n) is 13.3. The van der Waals surface area contributed by atoms with Crippen molar-refractivity contribution in [2.24, 2.45) is 5.73 Å². The maximum atomic E-state index is 12.3. The van der Waals surface area contributed by atoms with Crippen molar-refractivity contribution in [1.82, 2.24) is 0 Å². The molecule has 1 aliphatic heterocycles. The van der Waals surface area contributed by atoms with E-state index in [0.717, 1.165) is 0 Å². The molecule has 1 atom stereocenters. The zero-order chi connectivity index (χ0) is 17.5. The van der Waals surface area contributed by atoms with Crippen LogP contribution in [0.15, 0.2) is 18.2 Å². The average molecular weight is 340 g/mol. The lowest BCUT2D eigenvalue weighted by Crippen LogP contribution is -2.41. The summed E-state index contributed by atoms with van der Waals surface area (Å²) < 4.78 is 20.9. The summed E-state index contributed by atoms with van der Waals surface area (Å²) in [6.45, 7) is 0.716. The Morgan fingerprint density at radius 2 is 2.21 bits per heavy atom. The number of nitrogens with zero attached hydrogens (tertiary/aromatic N) is 1. The second kappa shape index (κ2) is 8.37. The molecule has 0 bridgehead atoms. The van der Waals surface area contributed by atoms with Crippen LogP contribution >= 0.6 is 0 Å². The van der Waals surface area contributed by atoms with Crippen molar-refractivity contribution in [3.8, 4) is 11.5 Å². The van der Waals surface area contributed by atoms with Gasteiger partial charge in [0.15, 0.2) is 0 Å². The first-order valence-corrected chi connectivity index (χ1v) is 7.35. The molecule has 9 nitrogen and oxygen atoms in total. The molecule has 1 aromatic rings. The smallest absolute Gasteiger partial charge is 0.405 e. The number of fused-ring (bicyclic) bond motifs is 1. The van der Waals surface area contributed by atoms with Gasteiger partial charge in [-0.1, -0.05) is 0 Å². The minimum atomic E-state index is -1.10. The minimum absolute atomic E-state index is 0.0440. The van der Waals surface area contributed by atoms with Crippen molar-refractivity contribution in [2.45, 2.75) is 6.10 Å². The van der Waals surface area contributed by atoms with Gasteiger partial charge in [-0.2, -0.15) is 0 Å². The Bertz CT molecular complexity index is 593. The summed E-state index contributed by atoms with van der Waals surface area (Å²) in [5.41, 5.74) is 5.46. The molecule has 9 heteroatoms. The summed E-state index contributed by atoms with van der Waals surface area (Å²) in [5.74, 6) is 0.542. The lowest BCUT2D eigenvalue weighted by molar-refractivity contribution is -0.127. The predicted octanol–water partition coefficient (Wildman–Crippen LogP) is -0.107. The van der Waals surface area contributed by atoms with Crippen LogP contribution in [-0.2, 0) is 14.3 Å². The third-order valence-corrected chi connectivity index (χ3v) is 3.28. The predicted molar refractivity (Wildman–Crippen MR) is 83.2 cm³/mol. The second-order valence-corrected chi connectivity index (χ2v) is 4.95. The highest BCUT2D eigenvalue weighted by atomic mass is 16.6. The van der Waals surface area contributed by atoms with Crippen molar-refractivity contribution in [3.05, 3.63) is 18.2 Å². The first kappa shape index (κ1) is 17.8. The lowest BCUT2D eigenvalue weighted by Gasteiger charge is -2.19. The fourth-order valence-electron chi connectivity index (χ4n) is 2.15. The van der Waals surface area contributed by atoms with Crippen LogP contribution in [0.1, 0.15) is 0 Å². The summed E-state index contributed by atoms with van der Waals surface area (Å²) in [6.07, 6.45) is -2.14.